The number of nitrogens with one attached hydrogen (secondary N) is 1. The molecule has 0 unspecified atom stereocenters. The van der Waals surface area contributed by atoms with Crippen LogP contribution < -0.4 is 14.4 Å². The Balaban J connectivity index is 1.99. The molecule has 8 nitrogen and oxygen atoms in total. The average Bonchev–Trinajstić information content (AvgIpc) is 2.65. The van der Waals surface area contributed by atoms with Crippen molar-refractivity contribution < 1.29 is 27.8 Å². The largest absolute Gasteiger partial charge is 0.484 e. The number of amides is 1. The lowest BCUT2D eigenvalue weighted by Gasteiger charge is -2.35. The lowest BCUT2D eigenvalue weighted by Crippen LogP contribution is -2.45. The van der Waals surface area contributed by atoms with E-state index in [4.69, 9.17) is 21.1 Å². The van der Waals surface area contributed by atoms with E-state index in [1.807, 2.05) is 0 Å². The lowest BCUT2D eigenvalue weighted by molar-refractivity contribution is 0.0636. The Morgan fingerprint density at radius 2 is 2.03 bits per heavy atom. The zero-order valence-corrected chi connectivity index (χ0v) is 18.3. The van der Waals surface area contributed by atoms with E-state index in [1.54, 1.807) is 39.0 Å². The summed E-state index contributed by atoms with van der Waals surface area (Å²) >= 11 is 5.97. The van der Waals surface area contributed by atoms with Crippen LogP contribution in [0.3, 0.4) is 0 Å². The summed E-state index contributed by atoms with van der Waals surface area (Å²) in [6.07, 6.45) is -1.41. The van der Waals surface area contributed by atoms with Crippen molar-refractivity contribution in [3.8, 4) is 5.75 Å². The summed E-state index contributed by atoms with van der Waals surface area (Å²) in [5.74, 6) is 0.264. The van der Waals surface area contributed by atoms with Gasteiger partial charge in [0.1, 0.15) is 17.5 Å². The molecule has 0 fully saturated rings. The summed E-state index contributed by atoms with van der Waals surface area (Å²) in [6.45, 7) is 4.75. The number of carbonyl (C=O) groups excluding carboxylic acids is 1. The molecular formula is C20H23ClN2O6S. The maximum atomic E-state index is 13.3. The third-order valence-electron chi connectivity index (χ3n) is 4.12. The summed E-state index contributed by atoms with van der Waals surface area (Å²) < 4.78 is 38.7. The number of anilines is 2. The van der Waals surface area contributed by atoms with Gasteiger partial charge in [0.15, 0.2) is 0 Å². The standard InChI is InChI=1S/C20H23ClN2O6S/c1-20(2,3)29-19(25)22-14-7-8-18-17(10-14)23(11-15(12-24)28-18)30(26,27)16-6-4-5-13(21)9-16/h4-10,15,24H,11-12H2,1-3H3,(H,22,25)/t15-/m1/s1. The molecule has 0 saturated carbocycles. The highest BCUT2D eigenvalue weighted by Crippen LogP contribution is 2.39. The van der Waals surface area contributed by atoms with E-state index in [0.717, 1.165) is 4.31 Å². The molecule has 30 heavy (non-hydrogen) atoms. The minimum Gasteiger partial charge on any atom is -0.484 e. The van der Waals surface area contributed by atoms with Crippen molar-refractivity contribution in [1.29, 1.82) is 0 Å². The number of hydrogen-bond acceptors (Lipinski definition) is 6. The molecule has 1 atom stereocenters. The van der Waals surface area contributed by atoms with E-state index in [1.165, 1.54) is 24.3 Å². The number of benzene rings is 2. The van der Waals surface area contributed by atoms with Crippen LogP contribution in [0.1, 0.15) is 20.8 Å². The molecule has 2 aromatic carbocycles. The van der Waals surface area contributed by atoms with Gasteiger partial charge >= 0.3 is 6.09 Å². The second-order valence-electron chi connectivity index (χ2n) is 7.73. The van der Waals surface area contributed by atoms with Crippen molar-refractivity contribution in [2.75, 3.05) is 22.8 Å². The number of nitrogens with zero attached hydrogens (tertiary/aromatic N) is 1. The SMILES string of the molecule is CC(C)(C)OC(=O)Nc1ccc2c(c1)N(S(=O)(=O)c1cccc(Cl)c1)C[C@H](CO)O2. The summed E-state index contributed by atoms with van der Waals surface area (Å²) in [5, 5.41) is 12.4. The van der Waals surface area contributed by atoms with Crippen LogP contribution >= 0.6 is 11.6 Å². The Labute approximate surface area is 180 Å². The number of halogens is 1. The first-order valence-corrected chi connectivity index (χ1v) is 11.0. The van der Waals surface area contributed by atoms with E-state index in [0.29, 0.717) is 5.69 Å². The van der Waals surface area contributed by atoms with E-state index < -0.39 is 27.8 Å². The normalized spacial score (nSPS) is 16.4. The average molecular weight is 455 g/mol. The van der Waals surface area contributed by atoms with Crippen molar-refractivity contribution in [1.82, 2.24) is 0 Å². The van der Waals surface area contributed by atoms with Gasteiger partial charge in [-0.25, -0.2) is 13.2 Å². The number of ether oxygens (including phenoxy) is 2. The summed E-state index contributed by atoms with van der Waals surface area (Å²) in [5.41, 5.74) is -0.119. The molecule has 0 aromatic heterocycles. The van der Waals surface area contributed by atoms with Gasteiger partial charge in [-0.3, -0.25) is 9.62 Å². The second-order valence-corrected chi connectivity index (χ2v) is 10.0. The Morgan fingerprint density at radius 3 is 2.67 bits per heavy atom. The van der Waals surface area contributed by atoms with Crippen LogP contribution in [0.2, 0.25) is 5.02 Å². The third kappa shape index (κ3) is 4.97. The summed E-state index contributed by atoms with van der Waals surface area (Å²) in [6, 6.07) is 10.5. The van der Waals surface area contributed by atoms with Gasteiger partial charge in [0.05, 0.1) is 23.7 Å². The molecule has 162 valence electrons. The molecule has 0 saturated heterocycles. The van der Waals surface area contributed by atoms with Gasteiger partial charge < -0.3 is 14.6 Å². The minimum absolute atomic E-state index is 0.00467. The number of sulfonamides is 1. The predicted octanol–water partition coefficient (Wildman–Crippen LogP) is 3.64. The van der Waals surface area contributed by atoms with Crippen LogP contribution in [-0.4, -0.2) is 44.5 Å². The number of aliphatic hydroxyl groups is 1. The number of aliphatic hydroxyl groups excluding tert-OH is 1. The third-order valence-corrected chi connectivity index (χ3v) is 6.13. The first-order chi connectivity index (χ1) is 14.0. The zero-order chi connectivity index (χ0) is 22.1. The van der Waals surface area contributed by atoms with Gasteiger partial charge in [0.2, 0.25) is 0 Å². The predicted molar refractivity (Wildman–Crippen MR) is 114 cm³/mol. The summed E-state index contributed by atoms with van der Waals surface area (Å²) in [4.78, 5) is 12.1. The van der Waals surface area contributed by atoms with Gasteiger partial charge in [0, 0.05) is 10.7 Å². The molecule has 10 heteroatoms. The molecule has 3 rings (SSSR count). The second kappa shape index (κ2) is 8.33. The Kier molecular flexibility index (Phi) is 6.16. The maximum absolute atomic E-state index is 13.3. The highest BCUT2D eigenvalue weighted by Gasteiger charge is 2.35. The van der Waals surface area contributed by atoms with Crippen molar-refractivity contribution >= 4 is 39.1 Å². The van der Waals surface area contributed by atoms with E-state index >= 15 is 0 Å². The van der Waals surface area contributed by atoms with Crippen LogP contribution in [0.15, 0.2) is 47.4 Å². The number of fused-ring (bicyclic) bond motifs is 1. The van der Waals surface area contributed by atoms with Gasteiger partial charge in [-0.05, 0) is 57.2 Å². The van der Waals surface area contributed by atoms with Crippen molar-refractivity contribution in [3.63, 3.8) is 0 Å². The number of rotatable bonds is 4. The van der Waals surface area contributed by atoms with Gasteiger partial charge in [0.25, 0.3) is 10.0 Å². The topological polar surface area (TPSA) is 105 Å². The van der Waals surface area contributed by atoms with Crippen LogP contribution in [0.25, 0.3) is 0 Å². The smallest absolute Gasteiger partial charge is 0.412 e. The summed E-state index contributed by atoms with van der Waals surface area (Å²) in [7, 11) is -4.00. The van der Waals surface area contributed by atoms with Gasteiger partial charge in [-0.15, -0.1) is 0 Å². The molecule has 1 aliphatic heterocycles. The number of carbonyl (C=O) groups is 1. The minimum atomic E-state index is -4.00. The molecule has 2 N–H and O–H groups in total. The van der Waals surface area contributed by atoms with Crippen LogP contribution in [0.4, 0.5) is 16.2 Å². The van der Waals surface area contributed by atoms with Crippen LogP contribution in [-0.2, 0) is 14.8 Å². The molecule has 0 radical (unpaired) electrons. The van der Waals surface area contributed by atoms with Crippen molar-refractivity contribution in [3.05, 3.63) is 47.5 Å². The van der Waals surface area contributed by atoms with Gasteiger partial charge in [-0.2, -0.15) is 0 Å². The highest BCUT2D eigenvalue weighted by atomic mass is 35.5. The molecule has 0 spiro atoms. The molecule has 1 aliphatic rings. The number of hydrogen-bond donors (Lipinski definition) is 2. The zero-order valence-electron chi connectivity index (χ0n) is 16.8. The molecule has 0 bridgehead atoms. The molecule has 1 amide bonds. The molecular weight excluding hydrogens is 432 g/mol. The van der Waals surface area contributed by atoms with Crippen LogP contribution in [0.5, 0.6) is 5.75 Å². The fraction of sp³-hybridized carbons (Fsp3) is 0.350. The maximum Gasteiger partial charge on any atom is 0.412 e. The van der Waals surface area contributed by atoms with E-state index in [-0.39, 0.29) is 34.5 Å². The van der Waals surface area contributed by atoms with Gasteiger partial charge in [-0.1, -0.05) is 17.7 Å². The monoisotopic (exact) mass is 454 g/mol. The fourth-order valence-electron chi connectivity index (χ4n) is 2.89. The molecule has 0 aliphatic carbocycles. The van der Waals surface area contributed by atoms with E-state index in [2.05, 4.69) is 5.32 Å². The molecule has 1 heterocycles. The quantitative estimate of drug-likeness (QED) is 0.730. The van der Waals surface area contributed by atoms with Crippen LogP contribution in [0, 0.1) is 0 Å². The van der Waals surface area contributed by atoms with E-state index in [9.17, 15) is 18.3 Å². The first kappa shape index (κ1) is 22.2. The van der Waals surface area contributed by atoms with Crippen molar-refractivity contribution in [2.45, 2.75) is 37.4 Å². The lowest BCUT2D eigenvalue weighted by atomic mass is 10.2. The van der Waals surface area contributed by atoms with Crippen molar-refractivity contribution in [2.24, 2.45) is 0 Å². The highest BCUT2D eigenvalue weighted by molar-refractivity contribution is 7.92. The first-order valence-electron chi connectivity index (χ1n) is 9.19. The fourth-order valence-corrected chi connectivity index (χ4v) is 4.69. The Morgan fingerprint density at radius 1 is 1.30 bits per heavy atom. The Bertz CT molecular complexity index is 1050. The molecule has 2 aromatic rings. The Hall–Kier alpha value is -2.49.